The Morgan fingerprint density at radius 2 is 2.05 bits per heavy atom. The second-order valence-corrected chi connectivity index (χ2v) is 6.12. The maximum Gasteiger partial charge on any atom is 0.410 e. The van der Waals surface area contributed by atoms with Crippen LogP contribution in [0, 0.1) is 0 Å². The lowest BCUT2D eigenvalue weighted by molar-refractivity contribution is -0.140. The summed E-state index contributed by atoms with van der Waals surface area (Å²) in [5.41, 5.74) is -0.578. The van der Waals surface area contributed by atoms with Crippen LogP contribution >= 0.6 is 0 Å². The molecule has 1 atom stereocenters. The third kappa shape index (κ3) is 5.63. The molecule has 1 heterocycles. The van der Waals surface area contributed by atoms with Crippen LogP contribution in [0.15, 0.2) is 11.4 Å². The molecule has 1 saturated heterocycles. The molecule has 22 heavy (non-hydrogen) atoms. The highest BCUT2D eigenvalue weighted by Gasteiger charge is 2.29. The summed E-state index contributed by atoms with van der Waals surface area (Å²) in [5.74, 6) is -2.05. The predicted molar refractivity (Wildman–Crippen MR) is 78.0 cm³/mol. The summed E-state index contributed by atoms with van der Waals surface area (Å²) >= 11 is 0. The van der Waals surface area contributed by atoms with Gasteiger partial charge in [0.05, 0.1) is 32.4 Å². The van der Waals surface area contributed by atoms with Gasteiger partial charge in [-0.3, -0.25) is 0 Å². The van der Waals surface area contributed by atoms with Gasteiger partial charge in [0.25, 0.3) is 0 Å². The molecule has 0 aromatic rings. The van der Waals surface area contributed by atoms with E-state index in [1.807, 2.05) is 0 Å². The van der Waals surface area contributed by atoms with Crippen LogP contribution in [0.4, 0.5) is 9.18 Å². The van der Waals surface area contributed by atoms with E-state index in [0.29, 0.717) is 0 Å². The molecular weight excluding hydrogens is 293 g/mol. The Kier molecular flexibility index (Phi) is 6.34. The number of rotatable bonds is 2. The van der Waals surface area contributed by atoms with Crippen LogP contribution in [0.2, 0.25) is 0 Å². The zero-order valence-electron chi connectivity index (χ0n) is 13.8. The lowest BCUT2D eigenvalue weighted by atomic mass is 10.2. The van der Waals surface area contributed by atoms with Gasteiger partial charge in [-0.25, -0.2) is 9.59 Å². The second-order valence-electron chi connectivity index (χ2n) is 6.12. The lowest BCUT2D eigenvalue weighted by Gasteiger charge is -2.27. The quantitative estimate of drug-likeness (QED) is 0.578. The molecule has 0 spiro atoms. The van der Waals surface area contributed by atoms with Gasteiger partial charge < -0.3 is 19.1 Å². The molecule has 7 heteroatoms. The van der Waals surface area contributed by atoms with Gasteiger partial charge in [0, 0.05) is 5.57 Å². The van der Waals surface area contributed by atoms with E-state index in [9.17, 15) is 14.0 Å². The van der Waals surface area contributed by atoms with Gasteiger partial charge in [-0.2, -0.15) is 4.39 Å². The van der Waals surface area contributed by atoms with Crippen molar-refractivity contribution in [3.8, 4) is 0 Å². The van der Waals surface area contributed by atoms with Crippen LogP contribution < -0.4 is 0 Å². The third-order valence-electron chi connectivity index (χ3n) is 2.82. The second kappa shape index (κ2) is 7.58. The van der Waals surface area contributed by atoms with Gasteiger partial charge in [0.15, 0.2) is 0 Å². The summed E-state index contributed by atoms with van der Waals surface area (Å²) in [4.78, 5) is 25.0. The molecule has 0 saturated carbocycles. The predicted octanol–water partition coefficient (Wildman–Crippen LogP) is 2.43. The van der Waals surface area contributed by atoms with Crippen molar-refractivity contribution in [3.05, 3.63) is 11.4 Å². The van der Waals surface area contributed by atoms with Gasteiger partial charge in [0.1, 0.15) is 5.60 Å². The van der Waals surface area contributed by atoms with Crippen LogP contribution in [0.5, 0.6) is 0 Å². The van der Waals surface area contributed by atoms with E-state index in [1.54, 1.807) is 34.6 Å². The van der Waals surface area contributed by atoms with Crippen molar-refractivity contribution in [3.63, 3.8) is 0 Å². The van der Waals surface area contributed by atoms with Crippen molar-refractivity contribution in [2.45, 2.75) is 46.3 Å². The molecule has 1 amide bonds. The molecule has 1 aliphatic heterocycles. The van der Waals surface area contributed by atoms with E-state index < -0.39 is 23.5 Å². The van der Waals surface area contributed by atoms with E-state index >= 15 is 0 Å². The summed E-state index contributed by atoms with van der Waals surface area (Å²) in [6, 6.07) is 0. The minimum absolute atomic E-state index is 0.0644. The Bertz CT molecular complexity index is 455. The SMILES string of the molecule is CCOC(=O)C(F)=C1CO[C@H](C)CN(C(=O)OC(C)(C)C)C1. The minimum Gasteiger partial charge on any atom is -0.461 e. The fourth-order valence-corrected chi connectivity index (χ4v) is 1.88. The zero-order valence-corrected chi connectivity index (χ0v) is 13.8. The van der Waals surface area contributed by atoms with E-state index in [-0.39, 0.29) is 38.0 Å². The van der Waals surface area contributed by atoms with Gasteiger partial charge in [-0.15, -0.1) is 0 Å². The summed E-state index contributed by atoms with van der Waals surface area (Å²) in [6.07, 6.45) is -0.862. The van der Waals surface area contributed by atoms with Crippen molar-refractivity contribution in [1.82, 2.24) is 4.90 Å². The minimum atomic E-state index is -1.04. The van der Waals surface area contributed by atoms with Gasteiger partial charge >= 0.3 is 12.1 Å². The first kappa shape index (κ1) is 18.4. The van der Waals surface area contributed by atoms with Crippen LogP contribution in [0.1, 0.15) is 34.6 Å². The summed E-state index contributed by atoms with van der Waals surface area (Å²) in [7, 11) is 0. The first-order chi connectivity index (χ1) is 10.1. The van der Waals surface area contributed by atoms with Crippen molar-refractivity contribution in [2.75, 3.05) is 26.3 Å². The number of carbonyl (C=O) groups is 2. The van der Waals surface area contributed by atoms with E-state index in [1.165, 1.54) is 4.90 Å². The molecule has 0 unspecified atom stereocenters. The van der Waals surface area contributed by atoms with Crippen molar-refractivity contribution < 1.29 is 28.2 Å². The summed E-state index contributed by atoms with van der Waals surface area (Å²) in [6.45, 7) is 8.81. The average molecular weight is 317 g/mol. The smallest absolute Gasteiger partial charge is 0.410 e. The van der Waals surface area contributed by atoms with Crippen molar-refractivity contribution >= 4 is 12.1 Å². The van der Waals surface area contributed by atoms with Crippen molar-refractivity contribution in [2.24, 2.45) is 0 Å². The Labute approximate surface area is 130 Å². The topological polar surface area (TPSA) is 65.1 Å². The fourth-order valence-electron chi connectivity index (χ4n) is 1.88. The number of hydrogen-bond acceptors (Lipinski definition) is 5. The number of nitrogens with zero attached hydrogens (tertiary/aromatic N) is 1. The maximum absolute atomic E-state index is 14.1. The molecule has 6 nitrogen and oxygen atoms in total. The molecule has 0 radical (unpaired) electrons. The molecule has 0 aromatic heterocycles. The molecule has 1 aliphatic rings. The van der Waals surface area contributed by atoms with Gasteiger partial charge in [0.2, 0.25) is 5.83 Å². The fraction of sp³-hybridized carbons (Fsp3) is 0.733. The number of carbonyl (C=O) groups excluding carboxylic acids is 2. The van der Waals surface area contributed by atoms with Crippen LogP contribution in [0.3, 0.4) is 0 Å². The van der Waals surface area contributed by atoms with Crippen LogP contribution in [-0.2, 0) is 19.0 Å². The number of hydrogen-bond donors (Lipinski definition) is 0. The van der Waals surface area contributed by atoms with Crippen LogP contribution in [-0.4, -0.2) is 55.0 Å². The van der Waals surface area contributed by atoms with Crippen molar-refractivity contribution in [1.29, 1.82) is 0 Å². The largest absolute Gasteiger partial charge is 0.461 e. The molecule has 0 aromatic carbocycles. The molecule has 0 N–H and O–H groups in total. The summed E-state index contributed by atoms with van der Waals surface area (Å²) in [5, 5.41) is 0. The zero-order chi connectivity index (χ0) is 16.9. The van der Waals surface area contributed by atoms with E-state index in [0.717, 1.165) is 0 Å². The van der Waals surface area contributed by atoms with Gasteiger partial charge in [-0.1, -0.05) is 0 Å². The highest BCUT2D eigenvalue weighted by Crippen LogP contribution is 2.19. The Hall–Kier alpha value is -1.63. The Balaban J connectivity index is 2.93. The molecule has 126 valence electrons. The standard InChI is InChI=1S/C15H24FNO5/c1-6-20-13(18)12(16)11-8-17(7-10(2)21-9-11)14(19)22-15(3,4)5/h10H,6-9H2,1-5H3/t10-/m1/s1. The monoisotopic (exact) mass is 317 g/mol. The summed E-state index contributed by atoms with van der Waals surface area (Å²) < 4.78 is 29.4. The first-order valence-electron chi connectivity index (χ1n) is 7.28. The number of esters is 1. The number of amides is 1. The third-order valence-corrected chi connectivity index (χ3v) is 2.82. The van der Waals surface area contributed by atoms with Gasteiger partial charge in [-0.05, 0) is 34.6 Å². The average Bonchev–Trinajstić information content (AvgIpc) is 2.58. The number of halogens is 1. The Morgan fingerprint density at radius 3 is 2.59 bits per heavy atom. The highest BCUT2D eigenvalue weighted by atomic mass is 19.1. The maximum atomic E-state index is 14.1. The highest BCUT2D eigenvalue weighted by molar-refractivity contribution is 5.87. The molecule has 1 rings (SSSR count). The van der Waals surface area contributed by atoms with E-state index in [2.05, 4.69) is 4.74 Å². The molecule has 0 aliphatic carbocycles. The van der Waals surface area contributed by atoms with Crippen LogP contribution in [0.25, 0.3) is 0 Å². The Morgan fingerprint density at radius 1 is 1.41 bits per heavy atom. The molecule has 0 bridgehead atoms. The normalized spacial score (nSPS) is 21.9. The van der Waals surface area contributed by atoms with E-state index in [4.69, 9.17) is 9.47 Å². The molecule has 1 fully saturated rings. The number of ether oxygens (including phenoxy) is 3. The molecular formula is C15H24FNO5. The first-order valence-corrected chi connectivity index (χ1v) is 7.28. The lowest BCUT2D eigenvalue weighted by Crippen LogP contribution is -2.40.